The summed E-state index contributed by atoms with van der Waals surface area (Å²) in [6.07, 6.45) is 8.22. The average Bonchev–Trinajstić information content (AvgIpc) is 3.24. The van der Waals surface area contributed by atoms with E-state index in [0.717, 1.165) is 40.7 Å². The second kappa shape index (κ2) is 7.41. The van der Waals surface area contributed by atoms with Gasteiger partial charge in [0.2, 0.25) is 5.95 Å². The number of anilines is 3. The van der Waals surface area contributed by atoms with Gasteiger partial charge in [0.15, 0.2) is 0 Å². The number of rotatable bonds is 4. The van der Waals surface area contributed by atoms with E-state index in [4.69, 9.17) is 4.98 Å². The van der Waals surface area contributed by atoms with Gasteiger partial charge in [0.05, 0.1) is 23.6 Å². The minimum atomic E-state index is 0.254. The van der Waals surface area contributed by atoms with Crippen LogP contribution in [0.15, 0.2) is 42.9 Å². The fourth-order valence-electron chi connectivity index (χ4n) is 4.91. The molecule has 0 atom stereocenters. The van der Waals surface area contributed by atoms with Crippen molar-refractivity contribution in [3.63, 3.8) is 0 Å². The number of piperidine rings is 1. The minimum absolute atomic E-state index is 0.254. The molecule has 164 valence electrons. The van der Waals surface area contributed by atoms with Gasteiger partial charge < -0.3 is 15.5 Å². The van der Waals surface area contributed by atoms with Gasteiger partial charge in [-0.15, -0.1) is 0 Å². The Hall–Kier alpha value is -3.26. The van der Waals surface area contributed by atoms with E-state index in [1.54, 1.807) is 0 Å². The molecule has 5 heterocycles. The molecule has 2 aliphatic rings. The summed E-state index contributed by atoms with van der Waals surface area (Å²) in [6, 6.07) is 8.52. The van der Waals surface area contributed by atoms with E-state index in [2.05, 4.69) is 56.6 Å². The molecular formula is C24H28N8. The third kappa shape index (κ3) is 3.26. The molecule has 0 aliphatic carbocycles. The number of pyridine rings is 1. The van der Waals surface area contributed by atoms with Crippen molar-refractivity contribution in [2.24, 2.45) is 5.41 Å². The number of aromatic nitrogens is 5. The van der Waals surface area contributed by atoms with Crippen molar-refractivity contribution in [3.05, 3.63) is 42.9 Å². The van der Waals surface area contributed by atoms with E-state index in [0.29, 0.717) is 11.4 Å². The van der Waals surface area contributed by atoms with Crippen LogP contribution in [0.5, 0.6) is 0 Å². The highest BCUT2D eigenvalue weighted by molar-refractivity contribution is 6.03. The van der Waals surface area contributed by atoms with Gasteiger partial charge in [0.1, 0.15) is 11.3 Å². The lowest BCUT2D eigenvalue weighted by atomic mass is 9.73. The van der Waals surface area contributed by atoms with Crippen LogP contribution < -0.4 is 15.5 Å². The molecule has 0 unspecified atom stereocenters. The molecule has 8 nitrogen and oxygen atoms in total. The highest BCUT2D eigenvalue weighted by Gasteiger charge is 2.39. The van der Waals surface area contributed by atoms with Crippen LogP contribution in [0, 0.1) is 5.41 Å². The Morgan fingerprint density at radius 2 is 1.78 bits per heavy atom. The topological polar surface area (TPSA) is 83.8 Å². The summed E-state index contributed by atoms with van der Waals surface area (Å²) in [5.74, 6) is 1.29. The highest BCUT2D eigenvalue weighted by Crippen LogP contribution is 2.36. The van der Waals surface area contributed by atoms with Crippen LogP contribution in [0.4, 0.5) is 17.5 Å². The van der Waals surface area contributed by atoms with E-state index < -0.39 is 0 Å². The van der Waals surface area contributed by atoms with Crippen LogP contribution in [0.3, 0.4) is 0 Å². The predicted molar refractivity (Wildman–Crippen MR) is 127 cm³/mol. The maximum absolute atomic E-state index is 4.82. The molecule has 6 rings (SSSR count). The monoisotopic (exact) mass is 428 g/mol. The second-order valence-corrected chi connectivity index (χ2v) is 9.43. The first kappa shape index (κ1) is 19.4. The zero-order chi connectivity index (χ0) is 21.7. The van der Waals surface area contributed by atoms with Crippen molar-refractivity contribution in [1.82, 2.24) is 30.0 Å². The molecule has 2 saturated heterocycles. The molecule has 32 heavy (non-hydrogen) atoms. The fourth-order valence-corrected chi connectivity index (χ4v) is 4.91. The van der Waals surface area contributed by atoms with Crippen molar-refractivity contribution >= 4 is 39.3 Å². The van der Waals surface area contributed by atoms with Gasteiger partial charge in [-0.05, 0) is 44.2 Å². The van der Waals surface area contributed by atoms with Crippen molar-refractivity contribution in [2.75, 3.05) is 36.4 Å². The molecule has 8 heteroatoms. The van der Waals surface area contributed by atoms with E-state index in [1.165, 1.54) is 31.6 Å². The third-order valence-corrected chi connectivity index (χ3v) is 6.97. The lowest BCUT2D eigenvalue weighted by Gasteiger charge is -2.48. The third-order valence-electron chi connectivity index (χ3n) is 6.97. The molecule has 0 radical (unpaired) electrons. The standard InChI is InChI=1S/C24H28N8/c1-16(2)32-22-18(12-28-32)4-3-17-11-27-23(30-21(17)22)29-20-6-5-19(13-26-20)31-9-7-24(8-10-31)14-25-15-24/h3-6,11-13,16,25H,7-10,14-15H2,1-2H3,(H,26,27,29,30). The summed E-state index contributed by atoms with van der Waals surface area (Å²) in [4.78, 5) is 16.4. The van der Waals surface area contributed by atoms with Crippen molar-refractivity contribution in [3.8, 4) is 0 Å². The van der Waals surface area contributed by atoms with Crippen LogP contribution >= 0.6 is 0 Å². The summed E-state index contributed by atoms with van der Waals surface area (Å²) >= 11 is 0. The summed E-state index contributed by atoms with van der Waals surface area (Å²) < 4.78 is 2.02. The Labute approximate surface area is 187 Å². The molecule has 2 aliphatic heterocycles. The first-order valence-electron chi connectivity index (χ1n) is 11.4. The average molecular weight is 429 g/mol. The molecule has 1 spiro atoms. The van der Waals surface area contributed by atoms with Gasteiger partial charge in [-0.3, -0.25) is 4.68 Å². The summed E-state index contributed by atoms with van der Waals surface area (Å²) in [5.41, 5.74) is 3.67. The molecule has 0 bridgehead atoms. The molecular weight excluding hydrogens is 400 g/mol. The van der Waals surface area contributed by atoms with Crippen molar-refractivity contribution in [2.45, 2.75) is 32.7 Å². The Morgan fingerprint density at radius 1 is 0.969 bits per heavy atom. The lowest BCUT2D eigenvalue weighted by molar-refractivity contribution is 0.126. The van der Waals surface area contributed by atoms with E-state index in [1.807, 2.05) is 35.4 Å². The number of fused-ring (bicyclic) bond motifs is 3. The van der Waals surface area contributed by atoms with Gasteiger partial charge in [-0.1, -0.05) is 12.1 Å². The second-order valence-electron chi connectivity index (χ2n) is 9.43. The zero-order valence-corrected chi connectivity index (χ0v) is 18.5. The first-order valence-corrected chi connectivity index (χ1v) is 11.4. The van der Waals surface area contributed by atoms with Gasteiger partial charge in [-0.2, -0.15) is 5.10 Å². The molecule has 1 aromatic carbocycles. The van der Waals surface area contributed by atoms with E-state index >= 15 is 0 Å². The maximum atomic E-state index is 4.82. The minimum Gasteiger partial charge on any atom is -0.370 e. The zero-order valence-electron chi connectivity index (χ0n) is 18.5. The Kier molecular flexibility index (Phi) is 4.50. The quantitative estimate of drug-likeness (QED) is 0.510. The Morgan fingerprint density at radius 3 is 2.47 bits per heavy atom. The molecule has 2 N–H and O–H groups in total. The summed E-state index contributed by atoms with van der Waals surface area (Å²) in [7, 11) is 0. The Bertz CT molecular complexity index is 1260. The maximum Gasteiger partial charge on any atom is 0.228 e. The van der Waals surface area contributed by atoms with Crippen LogP contribution in [-0.4, -0.2) is 50.9 Å². The van der Waals surface area contributed by atoms with Crippen LogP contribution in [0.2, 0.25) is 0 Å². The fraction of sp³-hybridized carbons (Fsp3) is 0.417. The van der Waals surface area contributed by atoms with Gasteiger partial charge in [-0.25, -0.2) is 15.0 Å². The number of hydrogen-bond acceptors (Lipinski definition) is 7. The number of hydrogen-bond donors (Lipinski definition) is 2. The van der Waals surface area contributed by atoms with Crippen LogP contribution in [0.25, 0.3) is 21.8 Å². The van der Waals surface area contributed by atoms with Gasteiger partial charge in [0, 0.05) is 49.2 Å². The molecule has 0 amide bonds. The molecule has 0 saturated carbocycles. The largest absolute Gasteiger partial charge is 0.370 e. The van der Waals surface area contributed by atoms with Crippen molar-refractivity contribution in [1.29, 1.82) is 0 Å². The number of nitrogens with one attached hydrogen (secondary N) is 2. The first-order chi connectivity index (χ1) is 15.6. The molecule has 4 aromatic rings. The Balaban J connectivity index is 1.23. The summed E-state index contributed by atoms with van der Waals surface area (Å²) in [6.45, 7) is 8.81. The van der Waals surface area contributed by atoms with Gasteiger partial charge in [0.25, 0.3) is 0 Å². The predicted octanol–water partition coefficient (Wildman–Crippen LogP) is 3.89. The normalized spacial score (nSPS) is 17.9. The van der Waals surface area contributed by atoms with Crippen LogP contribution in [-0.2, 0) is 0 Å². The summed E-state index contributed by atoms with van der Waals surface area (Å²) in [5, 5.41) is 13.3. The molecule has 2 fully saturated rings. The SMILES string of the molecule is CC(C)n1ncc2ccc3cnc(Nc4ccc(N5CCC6(CC5)CNC6)cn4)nc3c21. The van der Waals surface area contributed by atoms with E-state index in [9.17, 15) is 0 Å². The van der Waals surface area contributed by atoms with Crippen LogP contribution in [0.1, 0.15) is 32.7 Å². The lowest BCUT2D eigenvalue weighted by Crippen LogP contribution is -2.58. The molecule has 3 aromatic heterocycles. The number of nitrogens with zero attached hydrogens (tertiary/aromatic N) is 6. The van der Waals surface area contributed by atoms with Crippen molar-refractivity contribution < 1.29 is 0 Å². The van der Waals surface area contributed by atoms with E-state index in [-0.39, 0.29) is 6.04 Å². The van der Waals surface area contributed by atoms with Gasteiger partial charge >= 0.3 is 0 Å². The smallest absolute Gasteiger partial charge is 0.228 e. The highest BCUT2D eigenvalue weighted by atomic mass is 15.3. The number of benzene rings is 1.